The molecular formula is C13H24N2. The molecule has 1 aromatic heterocycles. The first-order valence-corrected chi connectivity index (χ1v) is 6.05. The maximum absolute atomic E-state index is 5.30. The fraction of sp³-hybridized carbons (Fsp3) is 0.615. The minimum atomic E-state index is 0.711. The van der Waals surface area contributed by atoms with Gasteiger partial charge in [-0.1, -0.05) is 52.4 Å². The monoisotopic (exact) mass is 208 g/mol. The van der Waals surface area contributed by atoms with Crippen molar-refractivity contribution in [3.63, 3.8) is 0 Å². The van der Waals surface area contributed by atoms with Crippen molar-refractivity contribution in [3.8, 4) is 0 Å². The third-order valence-electron chi connectivity index (χ3n) is 2.18. The van der Waals surface area contributed by atoms with Gasteiger partial charge in [-0.2, -0.15) is 0 Å². The van der Waals surface area contributed by atoms with E-state index in [2.05, 4.69) is 4.98 Å². The van der Waals surface area contributed by atoms with Crippen LogP contribution in [-0.2, 0) is 0 Å². The van der Waals surface area contributed by atoms with Crippen molar-refractivity contribution in [3.05, 3.63) is 24.5 Å². The van der Waals surface area contributed by atoms with Crippen LogP contribution in [0.2, 0.25) is 0 Å². The first-order chi connectivity index (χ1) is 7.39. The Morgan fingerprint density at radius 1 is 1.00 bits per heavy atom. The van der Waals surface area contributed by atoms with Gasteiger partial charge in [-0.15, -0.1) is 0 Å². The number of anilines is 1. The molecule has 0 unspecified atom stereocenters. The van der Waals surface area contributed by atoms with Crippen LogP contribution in [0.4, 0.5) is 5.69 Å². The zero-order chi connectivity index (χ0) is 11.4. The fourth-order valence-corrected chi connectivity index (χ4v) is 1.44. The summed E-state index contributed by atoms with van der Waals surface area (Å²) in [4.78, 5) is 3.76. The second kappa shape index (κ2) is 11.0. The van der Waals surface area contributed by atoms with Gasteiger partial charge >= 0.3 is 0 Å². The Hall–Kier alpha value is -1.05. The highest BCUT2D eigenvalue weighted by Gasteiger charge is 1.95. The summed E-state index contributed by atoms with van der Waals surface area (Å²) in [6.45, 7) is 4.00. The molecule has 86 valence electrons. The molecule has 0 spiro atoms. The summed E-state index contributed by atoms with van der Waals surface area (Å²) < 4.78 is 0. The molecule has 0 radical (unpaired) electrons. The van der Waals surface area contributed by atoms with Crippen LogP contribution in [0.15, 0.2) is 24.5 Å². The zero-order valence-corrected chi connectivity index (χ0v) is 10.1. The number of nitrogens with two attached hydrogens (primary N) is 1. The Balaban J connectivity index is 0.000000227. The van der Waals surface area contributed by atoms with Gasteiger partial charge in [-0.3, -0.25) is 4.98 Å². The van der Waals surface area contributed by atoms with Crippen LogP contribution in [0, 0.1) is 0 Å². The summed E-state index contributed by atoms with van der Waals surface area (Å²) >= 11 is 0. The second-order valence-corrected chi connectivity index (χ2v) is 3.41. The molecule has 2 heteroatoms. The highest BCUT2D eigenvalue weighted by atomic mass is 14.7. The third-order valence-corrected chi connectivity index (χ3v) is 2.18. The molecule has 1 aliphatic rings. The number of nitrogens with zero attached hydrogens (tertiary/aromatic N) is 1. The molecule has 1 heterocycles. The van der Waals surface area contributed by atoms with Crippen LogP contribution in [0.25, 0.3) is 0 Å². The standard InChI is InChI=1S/C6H12.C5H6N2.C2H6/c1-2-4-6-5-3-1;6-5-2-1-3-7-4-5;1-2/h1-6H2;1-4H,6H2;1-2H3. The summed E-state index contributed by atoms with van der Waals surface area (Å²) in [7, 11) is 0. The van der Waals surface area contributed by atoms with Crippen LogP contribution in [0.1, 0.15) is 52.4 Å². The predicted molar refractivity (Wildman–Crippen MR) is 67.7 cm³/mol. The lowest BCUT2D eigenvalue weighted by Gasteiger charge is -2.05. The lowest BCUT2D eigenvalue weighted by Crippen LogP contribution is -1.85. The molecule has 0 bridgehead atoms. The molecule has 0 amide bonds. The first-order valence-electron chi connectivity index (χ1n) is 6.05. The van der Waals surface area contributed by atoms with E-state index in [1.165, 1.54) is 38.5 Å². The van der Waals surface area contributed by atoms with E-state index in [1.807, 2.05) is 13.8 Å². The molecule has 0 aromatic carbocycles. The van der Waals surface area contributed by atoms with Gasteiger partial charge in [0.15, 0.2) is 0 Å². The van der Waals surface area contributed by atoms with Crippen LogP contribution in [0.3, 0.4) is 0 Å². The molecule has 1 aromatic rings. The zero-order valence-electron chi connectivity index (χ0n) is 10.1. The Bertz CT molecular complexity index is 194. The maximum atomic E-state index is 5.30. The Morgan fingerprint density at radius 3 is 1.67 bits per heavy atom. The normalized spacial score (nSPS) is 14.0. The van der Waals surface area contributed by atoms with Gasteiger partial charge in [0.05, 0.1) is 5.69 Å². The molecule has 0 atom stereocenters. The van der Waals surface area contributed by atoms with Crippen molar-refractivity contribution in [2.24, 2.45) is 0 Å². The van der Waals surface area contributed by atoms with E-state index in [1.54, 1.807) is 24.5 Å². The van der Waals surface area contributed by atoms with Crippen LogP contribution < -0.4 is 5.73 Å². The van der Waals surface area contributed by atoms with E-state index in [0.29, 0.717) is 5.69 Å². The average molecular weight is 208 g/mol. The Morgan fingerprint density at radius 2 is 1.47 bits per heavy atom. The summed E-state index contributed by atoms with van der Waals surface area (Å²) in [5, 5.41) is 0. The van der Waals surface area contributed by atoms with Gasteiger partial charge in [-0.25, -0.2) is 0 Å². The number of pyridine rings is 1. The Kier molecular flexibility index (Phi) is 10.3. The van der Waals surface area contributed by atoms with Crippen molar-refractivity contribution in [2.45, 2.75) is 52.4 Å². The van der Waals surface area contributed by atoms with Gasteiger partial charge in [0.1, 0.15) is 0 Å². The molecule has 1 fully saturated rings. The van der Waals surface area contributed by atoms with E-state index in [0.717, 1.165) is 0 Å². The predicted octanol–water partition coefficient (Wildman–Crippen LogP) is 4.03. The smallest absolute Gasteiger partial charge is 0.0500 e. The number of hydrogen-bond donors (Lipinski definition) is 1. The minimum Gasteiger partial charge on any atom is -0.397 e. The molecule has 1 aliphatic carbocycles. The molecule has 15 heavy (non-hydrogen) atoms. The average Bonchev–Trinajstić information content (AvgIpc) is 2.36. The molecule has 2 nitrogen and oxygen atoms in total. The Labute approximate surface area is 93.9 Å². The van der Waals surface area contributed by atoms with Gasteiger partial charge < -0.3 is 5.73 Å². The van der Waals surface area contributed by atoms with Crippen LogP contribution in [-0.4, -0.2) is 4.98 Å². The minimum absolute atomic E-state index is 0.711. The van der Waals surface area contributed by atoms with Crippen molar-refractivity contribution >= 4 is 5.69 Å². The van der Waals surface area contributed by atoms with Gasteiger partial charge in [0.25, 0.3) is 0 Å². The second-order valence-electron chi connectivity index (χ2n) is 3.41. The third kappa shape index (κ3) is 9.26. The van der Waals surface area contributed by atoms with Crippen molar-refractivity contribution in [1.82, 2.24) is 4.98 Å². The molecule has 0 saturated heterocycles. The molecule has 2 rings (SSSR count). The van der Waals surface area contributed by atoms with E-state index >= 15 is 0 Å². The first kappa shape index (κ1) is 13.9. The van der Waals surface area contributed by atoms with Crippen molar-refractivity contribution in [2.75, 3.05) is 5.73 Å². The van der Waals surface area contributed by atoms with E-state index in [9.17, 15) is 0 Å². The van der Waals surface area contributed by atoms with Crippen molar-refractivity contribution < 1.29 is 0 Å². The van der Waals surface area contributed by atoms with Gasteiger partial charge in [0.2, 0.25) is 0 Å². The summed E-state index contributed by atoms with van der Waals surface area (Å²) in [5.41, 5.74) is 6.01. The molecule has 1 saturated carbocycles. The maximum Gasteiger partial charge on any atom is 0.0500 e. The summed E-state index contributed by atoms with van der Waals surface area (Å²) in [6.07, 6.45) is 12.3. The van der Waals surface area contributed by atoms with Crippen LogP contribution >= 0.6 is 0 Å². The number of aromatic nitrogens is 1. The topological polar surface area (TPSA) is 38.9 Å². The number of hydrogen-bond acceptors (Lipinski definition) is 2. The van der Waals surface area contributed by atoms with E-state index in [4.69, 9.17) is 5.73 Å². The SMILES string of the molecule is C1CCCCC1.CC.Nc1cccnc1. The highest BCUT2D eigenvalue weighted by molar-refractivity contribution is 5.32. The number of nitrogen functional groups attached to an aromatic ring is 1. The highest BCUT2D eigenvalue weighted by Crippen LogP contribution is 2.15. The number of rotatable bonds is 0. The van der Waals surface area contributed by atoms with Crippen LogP contribution in [0.5, 0.6) is 0 Å². The largest absolute Gasteiger partial charge is 0.397 e. The molecule has 2 N–H and O–H groups in total. The summed E-state index contributed by atoms with van der Waals surface area (Å²) in [6, 6.07) is 3.60. The summed E-state index contributed by atoms with van der Waals surface area (Å²) in [5.74, 6) is 0. The fourth-order valence-electron chi connectivity index (χ4n) is 1.44. The van der Waals surface area contributed by atoms with Gasteiger partial charge in [0, 0.05) is 12.4 Å². The molecular weight excluding hydrogens is 184 g/mol. The lowest BCUT2D eigenvalue weighted by atomic mass is 10.0. The lowest BCUT2D eigenvalue weighted by molar-refractivity contribution is 0.504. The van der Waals surface area contributed by atoms with Gasteiger partial charge in [-0.05, 0) is 12.1 Å². The van der Waals surface area contributed by atoms with Crippen molar-refractivity contribution in [1.29, 1.82) is 0 Å². The van der Waals surface area contributed by atoms with E-state index in [-0.39, 0.29) is 0 Å². The quantitative estimate of drug-likeness (QED) is 0.699. The molecule has 0 aliphatic heterocycles. The van der Waals surface area contributed by atoms with E-state index < -0.39 is 0 Å².